The predicted molar refractivity (Wildman–Crippen MR) is 63.4 cm³/mol. The Hall–Kier alpha value is -2.37. The molecule has 6 heteroatoms. The van der Waals surface area contributed by atoms with Gasteiger partial charge in [-0.2, -0.15) is 0 Å². The Labute approximate surface area is 104 Å². The summed E-state index contributed by atoms with van der Waals surface area (Å²) in [6.45, 7) is 2.55. The van der Waals surface area contributed by atoms with Crippen molar-refractivity contribution in [3.05, 3.63) is 23.8 Å². The fraction of sp³-hybridized carbons (Fsp3) is 0.250. The lowest BCUT2D eigenvalue weighted by molar-refractivity contribution is -0.131. The SMILES string of the molecule is COC(=O)c1ccc(OC(C)=O)c(NC(C)=O)c1. The van der Waals surface area contributed by atoms with E-state index in [0.29, 0.717) is 0 Å². The molecule has 0 aliphatic rings. The van der Waals surface area contributed by atoms with Crippen molar-refractivity contribution in [3.8, 4) is 5.75 Å². The van der Waals surface area contributed by atoms with Gasteiger partial charge in [0.2, 0.25) is 5.91 Å². The van der Waals surface area contributed by atoms with E-state index in [1.807, 2.05) is 0 Å². The number of methoxy groups -OCH3 is 1. The molecule has 0 spiro atoms. The molecule has 1 rings (SSSR count). The monoisotopic (exact) mass is 251 g/mol. The van der Waals surface area contributed by atoms with Gasteiger partial charge in [0.25, 0.3) is 0 Å². The average molecular weight is 251 g/mol. The van der Waals surface area contributed by atoms with E-state index < -0.39 is 11.9 Å². The molecule has 0 atom stereocenters. The van der Waals surface area contributed by atoms with Crippen molar-refractivity contribution in [3.63, 3.8) is 0 Å². The van der Waals surface area contributed by atoms with Gasteiger partial charge >= 0.3 is 11.9 Å². The first-order valence-corrected chi connectivity index (χ1v) is 5.12. The molecule has 0 fully saturated rings. The van der Waals surface area contributed by atoms with Crippen LogP contribution < -0.4 is 10.1 Å². The van der Waals surface area contributed by atoms with Crippen molar-refractivity contribution in [2.24, 2.45) is 0 Å². The van der Waals surface area contributed by atoms with E-state index >= 15 is 0 Å². The summed E-state index contributed by atoms with van der Waals surface area (Å²) >= 11 is 0. The number of nitrogens with one attached hydrogen (secondary N) is 1. The van der Waals surface area contributed by atoms with Crippen LogP contribution in [-0.4, -0.2) is 25.0 Å². The number of carbonyl (C=O) groups excluding carboxylic acids is 3. The molecule has 1 aromatic carbocycles. The molecule has 6 nitrogen and oxygen atoms in total. The average Bonchev–Trinajstić information content (AvgIpc) is 2.29. The van der Waals surface area contributed by atoms with Crippen molar-refractivity contribution < 1.29 is 23.9 Å². The number of hydrogen-bond acceptors (Lipinski definition) is 5. The van der Waals surface area contributed by atoms with E-state index in [1.54, 1.807) is 0 Å². The van der Waals surface area contributed by atoms with E-state index in [0.717, 1.165) is 0 Å². The highest BCUT2D eigenvalue weighted by atomic mass is 16.5. The molecule has 0 heterocycles. The summed E-state index contributed by atoms with van der Waals surface area (Å²) in [5.74, 6) is -1.24. The lowest BCUT2D eigenvalue weighted by Crippen LogP contribution is -2.11. The zero-order chi connectivity index (χ0) is 13.7. The molecule has 1 amide bonds. The molecule has 18 heavy (non-hydrogen) atoms. The Morgan fingerprint density at radius 3 is 2.33 bits per heavy atom. The minimum Gasteiger partial charge on any atom is -0.465 e. The molecular formula is C12H13NO5. The van der Waals surface area contributed by atoms with E-state index in [1.165, 1.54) is 39.2 Å². The molecule has 0 aliphatic heterocycles. The van der Waals surface area contributed by atoms with Gasteiger partial charge in [0.05, 0.1) is 18.4 Å². The lowest BCUT2D eigenvalue weighted by Gasteiger charge is -2.10. The molecule has 0 radical (unpaired) electrons. The molecule has 0 unspecified atom stereocenters. The maximum atomic E-state index is 11.3. The second kappa shape index (κ2) is 5.81. The molecule has 0 bridgehead atoms. The number of anilines is 1. The van der Waals surface area contributed by atoms with Crippen LogP contribution in [0.25, 0.3) is 0 Å². The Morgan fingerprint density at radius 2 is 1.83 bits per heavy atom. The minimum atomic E-state index is -0.545. The van der Waals surface area contributed by atoms with Gasteiger partial charge in [-0.15, -0.1) is 0 Å². The van der Waals surface area contributed by atoms with Gasteiger partial charge in [0, 0.05) is 13.8 Å². The minimum absolute atomic E-state index is 0.172. The zero-order valence-electron chi connectivity index (χ0n) is 10.3. The van der Waals surface area contributed by atoms with Gasteiger partial charge in [-0.05, 0) is 18.2 Å². The maximum absolute atomic E-state index is 11.3. The highest BCUT2D eigenvalue weighted by Crippen LogP contribution is 2.26. The van der Waals surface area contributed by atoms with Crippen LogP contribution in [0.1, 0.15) is 24.2 Å². The first-order chi connectivity index (χ1) is 8.43. The Balaban J connectivity index is 3.15. The Morgan fingerprint density at radius 1 is 1.17 bits per heavy atom. The first-order valence-electron chi connectivity index (χ1n) is 5.12. The molecular weight excluding hydrogens is 238 g/mol. The topological polar surface area (TPSA) is 81.7 Å². The van der Waals surface area contributed by atoms with Crippen LogP contribution in [0.3, 0.4) is 0 Å². The highest BCUT2D eigenvalue weighted by Gasteiger charge is 2.12. The van der Waals surface area contributed by atoms with Crippen molar-refractivity contribution >= 4 is 23.5 Å². The standard InChI is InChI=1S/C12H13NO5/c1-7(14)13-10-6-9(12(16)17-3)4-5-11(10)18-8(2)15/h4-6H,1-3H3,(H,13,14). The van der Waals surface area contributed by atoms with Crippen LogP contribution >= 0.6 is 0 Å². The largest absolute Gasteiger partial charge is 0.465 e. The fourth-order valence-corrected chi connectivity index (χ4v) is 1.31. The van der Waals surface area contributed by atoms with Gasteiger partial charge in [-0.1, -0.05) is 0 Å². The van der Waals surface area contributed by atoms with Crippen molar-refractivity contribution in [1.82, 2.24) is 0 Å². The van der Waals surface area contributed by atoms with E-state index in [-0.39, 0.29) is 22.9 Å². The zero-order valence-corrected chi connectivity index (χ0v) is 10.3. The molecule has 0 aromatic heterocycles. The van der Waals surface area contributed by atoms with Crippen LogP contribution in [0, 0.1) is 0 Å². The number of ether oxygens (including phenoxy) is 2. The summed E-state index contributed by atoms with van der Waals surface area (Å²) in [5.41, 5.74) is 0.484. The van der Waals surface area contributed by atoms with Gasteiger partial charge in [-0.25, -0.2) is 4.79 Å². The smallest absolute Gasteiger partial charge is 0.337 e. The second-order valence-corrected chi connectivity index (χ2v) is 3.48. The summed E-state index contributed by atoms with van der Waals surface area (Å²) < 4.78 is 9.47. The van der Waals surface area contributed by atoms with Crippen LogP contribution in [0.4, 0.5) is 5.69 Å². The van der Waals surface area contributed by atoms with Gasteiger partial charge < -0.3 is 14.8 Å². The maximum Gasteiger partial charge on any atom is 0.337 e. The highest BCUT2D eigenvalue weighted by molar-refractivity contribution is 5.95. The summed E-state index contributed by atoms with van der Waals surface area (Å²) in [4.78, 5) is 33.3. The van der Waals surface area contributed by atoms with Crippen molar-refractivity contribution in [2.45, 2.75) is 13.8 Å². The van der Waals surface area contributed by atoms with Crippen LogP contribution in [0.2, 0.25) is 0 Å². The number of carbonyl (C=O) groups is 3. The molecule has 1 N–H and O–H groups in total. The summed E-state index contributed by atoms with van der Waals surface area (Å²) in [6.07, 6.45) is 0. The second-order valence-electron chi connectivity index (χ2n) is 3.48. The molecule has 96 valence electrons. The number of amides is 1. The normalized spacial score (nSPS) is 9.50. The van der Waals surface area contributed by atoms with E-state index in [4.69, 9.17) is 4.74 Å². The number of hydrogen-bond donors (Lipinski definition) is 1. The lowest BCUT2D eigenvalue weighted by atomic mass is 10.2. The quantitative estimate of drug-likeness (QED) is 0.647. The molecule has 0 saturated carbocycles. The third kappa shape index (κ3) is 3.58. The van der Waals surface area contributed by atoms with E-state index in [2.05, 4.69) is 10.1 Å². The van der Waals surface area contributed by atoms with Crippen LogP contribution in [-0.2, 0) is 14.3 Å². The third-order valence-electron chi connectivity index (χ3n) is 1.97. The van der Waals surface area contributed by atoms with Crippen molar-refractivity contribution in [1.29, 1.82) is 0 Å². The summed E-state index contributed by atoms with van der Waals surface area (Å²) in [5, 5.41) is 2.47. The first kappa shape index (κ1) is 13.7. The van der Waals surface area contributed by atoms with Crippen molar-refractivity contribution in [2.75, 3.05) is 12.4 Å². The molecule has 0 aliphatic carbocycles. The van der Waals surface area contributed by atoms with Crippen LogP contribution in [0.15, 0.2) is 18.2 Å². The number of rotatable bonds is 3. The predicted octanol–water partition coefficient (Wildman–Crippen LogP) is 1.36. The van der Waals surface area contributed by atoms with Gasteiger partial charge in [-0.3, -0.25) is 9.59 Å². The third-order valence-corrected chi connectivity index (χ3v) is 1.97. The van der Waals surface area contributed by atoms with Crippen LogP contribution in [0.5, 0.6) is 5.75 Å². The summed E-state index contributed by atoms with van der Waals surface area (Å²) in [6, 6.07) is 4.24. The summed E-state index contributed by atoms with van der Waals surface area (Å²) in [7, 11) is 1.25. The fourth-order valence-electron chi connectivity index (χ4n) is 1.31. The van der Waals surface area contributed by atoms with Gasteiger partial charge in [0.1, 0.15) is 0 Å². The number of esters is 2. The number of benzene rings is 1. The Bertz CT molecular complexity index is 495. The van der Waals surface area contributed by atoms with Gasteiger partial charge in [0.15, 0.2) is 5.75 Å². The molecule has 1 aromatic rings. The van der Waals surface area contributed by atoms with E-state index in [9.17, 15) is 14.4 Å². The molecule has 0 saturated heterocycles. The Kier molecular flexibility index (Phi) is 4.42.